The highest BCUT2D eigenvalue weighted by Gasteiger charge is 2.27. The lowest BCUT2D eigenvalue weighted by Gasteiger charge is -2.32. The second kappa shape index (κ2) is 5.42. The first kappa shape index (κ1) is 12.3. The standard InChI is InChI=1S/C12H16N2O2S/c1-16-11-5-3-2-4-10(11)14-7-9(6-13)17-8-12(14)15/h2-5,9H,6-8,13H2,1H3. The maximum absolute atomic E-state index is 11.9. The first-order valence-electron chi connectivity index (χ1n) is 5.51. The molecule has 0 aliphatic carbocycles. The first-order valence-corrected chi connectivity index (χ1v) is 6.56. The summed E-state index contributed by atoms with van der Waals surface area (Å²) in [5.74, 6) is 1.33. The molecule has 2 rings (SSSR count). The average molecular weight is 252 g/mol. The summed E-state index contributed by atoms with van der Waals surface area (Å²) in [6.45, 7) is 1.24. The minimum atomic E-state index is 0.115. The van der Waals surface area contributed by atoms with Crippen molar-refractivity contribution in [2.75, 3.05) is 30.9 Å². The lowest BCUT2D eigenvalue weighted by molar-refractivity contribution is -0.116. The van der Waals surface area contributed by atoms with Crippen LogP contribution >= 0.6 is 11.8 Å². The van der Waals surface area contributed by atoms with Crippen LogP contribution in [0.1, 0.15) is 0 Å². The number of hydrogen-bond donors (Lipinski definition) is 1. The fourth-order valence-corrected chi connectivity index (χ4v) is 2.78. The van der Waals surface area contributed by atoms with Gasteiger partial charge in [-0.3, -0.25) is 4.79 Å². The quantitative estimate of drug-likeness (QED) is 0.875. The molecule has 0 aromatic heterocycles. The van der Waals surface area contributed by atoms with E-state index in [0.29, 0.717) is 24.1 Å². The summed E-state index contributed by atoms with van der Waals surface area (Å²) in [5, 5.41) is 0.303. The molecule has 17 heavy (non-hydrogen) atoms. The van der Waals surface area contributed by atoms with Crippen molar-refractivity contribution in [1.29, 1.82) is 0 Å². The molecule has 5 heteroatoms. The Morgan fingerprint density at radius 1 is 1.53 bits per heavy atom. The molecule has 0 spiro atoms. The molecule has 1 heterocycles. The molecule has 4 nitrogen and oxygen atoms in total. The van der Waals surface area contributed by atoms with Crippen LogP contribution in [0, 0.1) is 0 Å². The van der Waals surface area contributed by atoms with Crippen molar-refractivity contribution in [3.8, 4) is 5.75 Å². The number of nitrogens with two attached hydrogens (primary N) is 1. The van der Waals surface area contributed by atoms with E-state index in [1.165, 1.54) is 0 Å². The van der Waals surface area contributed by atoms with Crippen molar-refractivity contribution < 1.29 is 9.53 Å². The van der Waals surface area contributed by atoms with Gasteiger partial charge in [0.25, 0.3) is 0 Å². The van der Waals surface area contributed by atoms with E-state index in [1.807, 2.05) is 24.3 Å². The topological polar surface area (TPSA) is 55.6 Å². The molecule has 1 aromatic carbocycles. The molecule has 1 atom stereocenters. The summed E-state index contributed by atoms with van der Waals surface area (Å²) >= 11 is 1.63. The highest BCUT2D eigenvalue weighted by molar-refractivity contribution is 8.00. The Labute approximate surface area is 105 Å². The van der Waals surface area contributed by atoms with Crippen LogP contribution in [-0.2, 0) is 4.79 Å². The number of methoxy groups -OCH3 is 1. The summed E-state index contributed by atoms with van der Waals surface area (Å²) in [6, 6.07) is 7.57. The monoisotopic (exact) mass is 252 g/mol. The maximum atomic E-state index is 11.9. The number of para-hydroxylation sites is 2. The minimum Gasteiger partial charge on any atom is -0.495 e. The second-order valence-electron chi connectivity index (χ2n) is 3.84. The molecule has 0 bridgehead atoms. The van der Waals surface area contributed by atoms with Gasteiger partial charge in [0.05, 0.1) is 18.6 Å². The van der Waals surface area contributed by atoms with Gasteiger partial charge in [-0.25, -0.2) is 0 Å². The van der Waals surface area contributed by atoms with Gasteiger partial charge >= 0.3 is 0 Å². The molecule has 92 valence electrons. The van der Waals surface area contributed by atoms with Gasteiger partial charge in [-0.2, -0.15) is 0 Å². The van der Waals surface area contributed by atoms with E-state index in [1.54, 1.807) is 23.8 Å². The van der Waals surface area contributed by atoms with E-state index in [4.69, 9.17) is 10.5 Å². The lowest BCUT2D eigenvalue weighted by atomic mass is 10.2. The van der Waals surface area contributed by atoms with Crippen LogP contribution < -0.4 is 15.4 Å². The fraction of sp³-hybridized carbons (Fsp3) is 0.417. The van der Waals surface area contributed by atoms with E-state index >= 15 is 0 Å². The number of thioether (sulfide) groups is 1. The average Bonchev–Trinajstić information content (AvgIpc) is 2.39. The number of carbonyl (C=O) groups excluding carboxylic acids is 1. The zero-order valence-corrected chi connectivity index (χ0v) is 10.6. The van der Waals surface area contributed by atoms with Crippen LogP contribution in [0.2, 0.25) is 0 Å². The van der Waals surface area contributed by atoms with Crippen LogP contribution in [0.5, 0.6) is 5.75 Å². The van der Waals surface area contributed by atoms with Crippen molar-refractivity contribution in [3.05, 3.63) is 24.3 Å². The van der Waals surface area contributed by atoms with Crippen molar-refractivity contribution >= 4 is 23.4 Å². The predicted molar refractivity (Wildman–Crippen MR) is 70.6 cm³/mol. The number of carbonyl (C=O) groups is 1. The number of amides is 1. The van der Waals surface area contributed by atoms with Gasteiger partial charge in [0.15, 0.2) is 0 Å². The normalized spacial score (nSPS) is 20.5. The summed E-state index contributed by atoms with van der Waals surface area (Å²) in [6.07, 6.45) is 0. The largest absolute Gasteiger partial charge is 0.495 e. The van der Waals surface area contributed by atoms with Crippen molar-refractivity contribution in [2.45, 2.75) is 5.25 Å². The molecular formula is C12H16N2O2S. The van der Waals surface area contributed by atoms with E-state index in [-0.39, 0.29) is 5.91 Å². The summed E-state index contributed by atoms with van der Waals surface area (Å²) in [4.78, 5) is 13.7. The number of anilines is 1. The highest BCUT2D eigenvalue weighted by atomic mass is 32.2. The molecular weight excluding hydrogens is 236 g/mol. The number of nitrogens with zero attached hydrogens (tertiary/aromatic N) is 1. The molecule has 1 amide bonds. The number of benzene rings is 1. The molecule has 1 aliphatic heterocycles. The Hall–Kier alpha value is -1.20. The zero-order chi connectivity index (χ0) is 12.3. The van der Waals surface area contributed by atoms with E-state index < -0.39 is 0 Å². The summed E-state index contributed by atoms with van der Waals surface area (Å²) < 4.78 is 5.28. The Kier molecular flexibility index (Phi) is 3.91. The number of hydrogen-bond acceptors (Lipinski definition) is 4. The predicted octanol–water partition coefficient (Wildman–Crippen LogP) is 1.10. The van der Waals surface area contributed by atoms with Gasteiger partial charge in [0, 0.05) is 18.3 Å². The number of rotatable bonds is 3. The highest BCUT2D eigenvalue weighted by Crippen LogP contribution is 2.31. The maximum Gasteiger partial charge on any atom is 0.237 e. The van der Waals surface area contributed by atoms with Crippen molar-refractivity contribution in [1.82, 2.24) is 0 Å². The van der Waals surface area contributed by atoms with E-state index in [2.05, 4.69) is 0 Å². The van der Waals surface area contributed by atoms with E-state index in [0.717, 1.165) is 11.4 Å². The molecule has 1 fully saturated rings. The molecule has 0 saturated carbocycles. The van der Waals surface area contributed by atoms with E-state index in [9.17, 15) is 4.79 Å². The van der Waals surface area contributed by atoms with Crippen LogP contribution in [0.25, 0.3) is 0 Å². The SMILES string of the molecule is COc1ccccc1N1CC(CN)SCC1=O. The minimum absolute atomic E-state index is 0.115. The molecule has 2 N–H and O–H groups in total. The molecule has 1 unspecified atom stereocenters. The Morgan fingerprint density at radius 2 is 2.29 bits per heavy atom. The van der Waals surface area contributed by atoms with Crippen LogP contribution in [0.3, 0.4) is 0 Å². The lowest BCUT2D eigenvalue weighted by Crippen LogP contribution is -2.45. The summed E-state index contributed by atoms with van der Waals surface area (Å²) in [5.41, 5.74) is 6.50. The Bertz CT molecular complexity index is 411. The fourth-order valence-electron chi connectivity index (χ4n) is 1.85. The smallest absolute Gasteiger partial charge is 0.237 e. The van der Waals surface area contributed by atoms with Crippen LogP contribution in [0.4, 0.5) is 5.69 Å². The molecule has 1 saturated heterocycles. The third-order valence-corrected chi connectivity index (χ3v) is 4.00. The van der Waals surface area contributed by atoms with Gasteiger partial charge in [-0.15, -0.1) is 11.8 Å². The Morgan fingerprint density at radius 3 is 3.00 bits per heavy atom. The van der Waals surface area contributed by atoms with Crippen molar-refractivity contribution in [2.24, 2.45) is 5.73 Å². The first-order chi connectivity index (χ1) is 8.26. The summed E-state index contributed by atoms with van der Waals surface area (Å²) in [7, 11) is 1.61. The van der Waals surface area contributed by atoms with Gasteiger partial charge in [-0.05, 0) is 12.1 Å². The van der Waals surface area contributed by atoms with Crippen LogP contribution in [-0.4, -0.2) is 37.1 Å². The third-order valence-electron chi connectivity index (χ3n) is 2.77. The van der Waals surface area contributed by atoms with Gasteiger partial charge in [0.2, 0.25) is 5.91 Å². The van der Waals surface area contributed by atoms with Gasteiger partial charge in [0.1, 0.15) is 5.75 Å². The molecule has 1 aliphatic rings. The number of ether oxygens (including phenoxy) is 1. The molecule has 0 radical (unpaired) electrons. The zero-order valence-electron chi connectivity index (χ0n) is 9.76. The molecule has 1 aromatic rings. The van der Waals surface area contributed by atoms with Crippen molar-refractivity contribution in [3.63, 3.8) is 0 Å². The Balaban J connectivity index is 2.27. The van der Waals surface area contributed by atoms with Crippen LogP contribution in [0.15, 0.2) is 24.3 Å². The van der Waals surface area contributed by atoms with Gasteiger partial charge < -0.3 is 15.4 Å². The second-order valence-corrected chi connectivity index (χ2v) is 5.13. The van der Waals surface area contributed by atoms with Gasteiger partial charge in [-0.1, -0.05) is 12.1 Å². The third kappa shape index (κ3) is 2.56.